The van der Waals surface area contributed by atoms with Crippen LogP contribution in [-0.2, 0) is 19.1 Å². The minimum absolute atomic E-state index is 0.218. The van der Waals surface area contributed by atoms with Gasteiger partial charge in [0, 0.05) is 24.0 Å². The average molecular weight is 630 g/mol. The fourth-order valence-electron chi connectivity index (χ4n) is 4.59. The number of carbonyl (C=O) groups excluding carboxylic acids is 3. The average Bonchev–Trinajstić information content (AvgIpc) is 3.04. The monoisotopic (exact) mass is 629 g/mol. The third kappa shape index (κ3) is 9.98. The maximum atomic E-state index is 13.6. The molecule has 0 spiro atoms. The standard InChI is InChI=1S/C30H33F6N3O5/c1-28(2,3)44-27(42)20(13-15-30(34,35)36)19(12-14-29(31,32)33)25(40)39-24-26(41)37-22-11-10-18(43-4)16-21(22)23(38-24)17-8-6-5-7-9-17/h5-11,16,19-20,24H,12-15H2,1-4H3,(H,37,41)(H,39,40)/t19-,20+,24?/m1/s1. The molecule has 0 saturated heterocycles. The summed E-state index contributed by atoms with van der Waals surface area (Å²) in [4.78, 5) is 44.3. The number of benzene rings is 2. The Bertz CT molecular complexity index is 1370. The van der Waals surface area contributed by atoms with Crippen LogP contribution in [0.4, 0.5) is 32.0 Å². The van der Waals surface area contributed by atoms with Crippen LogP contribution < -0.4 is 15.4 Å². The van der Waals surface area contributed by atoms with Gasteiger partial charge in [-0.25, -0.2) is 4.99 Å². The molecule has 3 atom stereocenters. The molecule has 2 aromatic rings. The van der Waals surface area contributed by atoms with Crippen molar-refractivity contribution >= 4 is 29.2 Å². The molecule has 0 radical (unpaired) electrons. The number of alkyl halides is 6. The number of amides is 2. The first-order chi connectivity index (χ1) is 20.4. The number of nitrogens with one attached hydrogen (secondary N) is 2. The maximum absolute atomic E-state index is 13.6. The van der Waals surface area contributed by atoms with Crippen molar-refractivity contribution in [3.63, 3.8) is 0 Å². The van der Waals surface area contributed by atoms with E-state index in [1.54, 1.807) is 42.5 Å². The topological polar surface area (TPSA) is 106 Å². The Morgan fingerprint density at radius 2 is 1.52 bits per heavy atom. The minimum Gasteiger partial charge on any atom is -0.497 e. The Morgan fingerprint density at radius 1 is 0.932 bits per heavy atom. The Balaban J connectivity index is 2.05. The summed E-state index contributed by atoms with van der Waals surface area (Å²) in [5, 5.41) is 4.89. The summed E-state index contributed by atoms with van der Waals surface area (Å²) in [5.74, 6) is -6.79. The lowest BCUT2D eigenvalue weighted by Crippen LogP contribution is -2.48. The van der Waals surface area contributed by atoms with E-state index in [9.17, 15) is 40.7 Å². The SMILES string of the molecule is COc1ccc2c(c1)C(c1ccccc1)=NC(NC(=O)[C@H](CCC(F)(F)F)[C@H](CCC(F)(F)F)C(=O)OC(C)(C)C)C(=O)N2. The van der Waals surface area contributed by atoms with Gasteiger partial charge in [-0.2, -0.15) is 26.3 Å². The normalized spacial score (nSPS) is 16.9. The first-order valence-corrected chi connectivity index (χ1v) is 13.7. The Hall–Kier alpha value is -4.10. The van der Waals surface area contributed by atoms with Crippen LogP contribution in [0.1, 0.15) is 57.6 Å². The largest absolute Gasteiger partial charge is 0.497 e. The van der Waals surface area contributed by atoms with Gasteiger partial charge in [-0.3, -0.25) is 14.4 Å². The van der Waals surface area contributed by atoms with E-state index in [0.717, 1.165) is 0 Å². The highest BCUT2D eigenvalue weighted by molar-refractivity contribution is 6.20. The predicted octanol–water partition coefficient (Wildman–Crippen LogP) is 6.19. The summed E-state index contributed by atoms with van der Waals surface area (Å²) in [6.07, 6.45) is -16.4. The van der Waals surface area contributed by atoms with Gasteiger partial charge in [-0.05, 0) is 51.8 Å². The zero-order valence-electron chi connectivity index (χ0n) is 24.4. The number of esters is 1. The van der Waals surface area contributed by atoms with Gasteiger partial charge < -0.3 is 20.1 Å². The molecule has 2 amide bonds. The fraction of sp³-hybridized carbons (Fsp3) is 0.467. The van der Waals surface area contributed by atoms with Crippen LogP contribution in [0, 0.1) is 11.8 Å². The van der Waals surface area contributed by atoms with E-state index < -0.39 is 79.4 Å². The highest BCUT2D eigenvalue weighted by atomic mass is 19.4. The van der Waals surface area contributed by atoms with Gasteiger partial charge in [0.1, 0.15) is 11.4 Å². The van der Waals surface area contributed by atoms with E-state index in [-0.39, 0.29) is 5.71 Å². The predicted molar refractivity (Wildman–Crippen MR) is 149 cm³/mol. The molecule has 0 aliphatic carbocycles. The third-order valence-corrected chi connectivity index (χ3v) is 6.58. The molecule has 1 heterocycles. The van der Waals surface area contributed by atoms with Crippen LogP contribution in [0.15, 0.2) is 53.5 Å². The smallest absolute Gasteiger partial charge is 0.389 e. The van der Waals surface area contributed by atoms with Crippen molar-refractivity contribution in [2.45, 2.75) is 70.6 Å². The lowest BCUT2D eigenvalue weighted by Gasteiger charge is -2.30. The lowest BCUT2D eigenvalue weighted by atomic mass is 9.83. The van der Waals surface area contributed by atoms with Crippen LogP contribution in [0.3, 0.4) is 0 Å². The van der Waals surface area contributed by atoms with E-state index in [1.165, 1.54) is 33.9 Å². The van der Waals surface area contributed by atoms with Crippen molar-refractivity contribution in [2.75, 3.05) is 12.4 Å². The Labute approximate surface area is 250 Å². The van der Waals surface area contributed by atoms with Crippen molar-refractivity contribution in [3.05, 3.63) is 59.7 Å². The first-order valence-electron chi connectivity index (χ1n) is 13.7. The molecule has 240 valence electrons. The zero-order valence-corrected chi connectivity index (χ0v) is 24.4. The summed E-state index contributed by atoms with van der Waals surface area (Å²) >= 11 is 0. The molecule has 44 heavy (non-hydrogen) atoms. The van der Waals surface area contributed by atoms with Crippen molar-refractivity contribution in [1.82, 2.24) is 5.32 Å². The Morgan fingerprint density at radius 3 is 2.07 bits per heavy atom. The molecule has 2 aromatic carbocycles. The van der Waals surface area contributed by atoms with Crippen molar-refractivity contribution in [1.29, 1.82) is 0 Å². The van der Waals surface area contributed by atoms with Crippen LogP contribution in [0.5, 0.6) is 5.75 Å². The molecule has 8 nitrogen and oxygen atoms in total. The van der Waals surface area contributed by atoms with Crippen molar-refractivity contribution in [3.8, 4) is 5.75 Å². The molecule has 2 N–H and O–H groups in total. The first kappa shape index (κ1) is 34.4. The molecule has 1 aliphatic rings. The molecular formula is C30H33F6N3O5. The van der Waals surface area contributed by atoms with Crippen LogP contribution in [-0.4, -0.2) is 54.7 Å². The second kappa shape index (κ2) is 13.7. The maximum Gasteiger partial charge on any atom is 0.389 e. The van der Waals surface area contributed by atoms with E-state index in [1.807, 2.05) is 0 Å². The van der Waals surface area contributed by atoms with Crippen LogP contribution >= 0.6 is 0 Å². The third-order valence-electron chi connectivity index (χ3n) is 6.58. The number of methoxy groups -OCH3 is 1. The number of aliphatic imine (C=N–C) groups is 1. The van der Waals surface area contributed by atoms with Crippen molar-refractivity contribution < 1.29 is 50.2 Å². The van der Waals surface area contributed by atoms with Gasteiger partial charge in [-0.15, -0.1) is 0 Å². The molecule has 1 unspecified atom stereocenters. The number of carbonyl (C=O) groups is 3. The van der Waals surface area contributed by atoms with E-state index in [0.29, 0.717) is 22.6 Å². The van der Waals surface area contributed by atoms with E-state index in [4.69, 9.17) is 9.47 Å². The Kier molecular flexibility index (Phi) is 10.7. The van der Waals surface area contributed by atoms with Crippen LogP contribution in [0.2, 0.25) is 0 Å². The van der Waals surface area contributed by atoms with Gasteiger partial charge in [0.2, 0.25) is 12.1 Å². The molecule has 0 saturated carbocycles. The number of nitrogens with zero attached hydrogens (tertiary/aromatic N) is 1. The zero-order chi connectivity index (χ0) is 32.9. The summed E-state index contributed by atoms with van der Waals surface area (Å²) in [6.45, 7) is 4.29. The molecule has 0 fully saturated rings. The number of ether oxygens (including phenoxy) is 2. The highest BCUT2D eigenvalue weighted by Gasteiger charge is 2.42. The summed E-state index contributed by atoms with van der Waals surface area (Å²) in [5.41, 5.74) is 0.229. The molecule has 1 aliphatic heterocycles. The fourth-order valence-corrected chi connectivity index (χ4v) is 4.59. The minimum atomic E-state index is -4.79. The number of anilines is 1. The number of rotatable bonds is 10. The van der Waals surface area contributed by atoms with Gasteiger partial charge in [0.05, 0.1) is 30.3 Å². The highest BCUT2D eigenvalue weighted by Crippen LogP contribution is 2.35. The molecular weight excluding hydrogens is 596 g/mol. The summed E-state index contributed by atoms with van der Waals surface area (Å²) in [7, 11) is 1.43. The van der Waals surface area contributed by atoms with Gasteiger partial charge in [0.15, 0.2) is 0 Å². The summed E-state index contributed by atoms with van der Waals surface area (Å²) in [6, 6.07) is 13.2. The van der Waals surface area contributed by atoms with Crippen LogP contribution in [0.25, 0.3) is 0 Å². The molecule has 3 rings (SSSR count). The second-order valence-electron chi connectivity index (χ2n) is 11.2. The van der Waals surface area contributed by atoms with E-state index in [2.05, 4.69) is 15.6 Å². The number of hydrogen-bond donors (Lipinski definition) is 2. The van der Waals surface area contributed by atoms with Gasteiger partial charge >= 0.3 is 18.3 Å². The number of benzodiazepines with no additional fused rings is 1. The van der Waals surface area contributed by atoms with Gasteiger partial charge in [-0.1, -0.05) is 30.3 Å². The lowest BCUT2D eigenvalue weighted by molar-refractivity contribution is -0.171. The molecule has 14 heteroatoms. The number of fused-ring (bicyclic) bond motifs is 1. The summed E-state index contributed by atoms with van der Waals surface area (Å²) < 4.78 is 90.0. The van der Waals surface area contributed by atoms with Gasteiger partial charge in [0.25, 0.3) is 5.91 Å². The van der Waals surface area contributed by atoms with E-state index >= 15 is 0 Å². The number of hydrogen-bond acceptors (Lipinski definition) is 6. The number of halogens is 6. The quantitative estimate of drug-likeness (QED) is 0.241. The molecule has 0 aromatic heterocycles. The molecule has 0 bridgehead atoms. The van der Waals surface area contributed by atoms with Crippen molar-refractivity contribution in [2.24, 2.45) is 16.8 Å². The second-order valence-corrected chi connectivity index (χ2v) is 11.2.